The highest BCUT2D eigenvalue weighted by atomic mass is 16.6. The van der Waals surface area contributed by atoms with Crippen molar-refractivity contribution in [2.75, 3.05) is 79.2 Å². The SMILES string of the molecule is NCCOCCOCCOCCOCCOCCOc1cc(CO)nc(CO)c1. The fourth-order valence-corrected chi connectivity index (χ4v) is 2.15. The molecule has 10 heteroatoms. The molecule has 0 saturated carbocycles. The van der Waals surface area contributed by atoms with E-state index in [2.05, 4.69) is 4.98 Å². The summed E-state index contributed by atoms with van der Waals surface area (Å²) in [5, 5.41) is 18.3. The number of aromatic nitrogens is 1. The molecule has 0 bridgehead atoms. The molecule has 0 aliphatic rings. The summed E-state index contributed by atoms with van der Waals surface area (Å²) in [7, 11) is 0. The molecule has 0 unspecified atom stereocenters. The van der Waals surface area contributed by atoms with E-state index < -0.39 is 0 Å². The summed E-state index contributed by atoms with van der Waals surface area (Å²) >= 11 is 0. The lowest BCUT2D eigenvalue weighted by Crippen LogP contribution is -2.15. The highest BCUT2D eigenvalue weighted by Crippen LogP contribution is 2.14. The predicted molar refractivity (Wildman–Crippen MR) is 105 cm³/mol. The molecule has 0 atom stereocenters. The molecular weight excluding hydrogens is 384 g/mol. The van der Waals surface area contributed by atoms with Crippen LogP contribution in [0.25, 0.3) is 0 Å². The van der Waals surface area contributed by atoms with Crippen LogP contribution in [0.1, 0.15) is 11.4 Å². The fraction of sp³-hybridized carbons (Fsp3) is 0.737. The van der Waals surface area contributed by atoms with Crippen molar-refractivity contribution in [2.45, 2.75) is 13.2 Å². The predicted octanol–water partition coefficient (Wildman–Crippen LogP) is -0.513. The standard InChI is InChI=1S/C19H34N2O8/c20-1-2-24-3-4-25-5-6-26-7-8-27-9-10-28-11-12-29-19-13-17(15-22)21-18(14-19)16-23/h13-14,22-23H,1-12,15-16,20H2. The number of aliphatic hydroxyl groups excluding tert-OH is 2. The molecule has 0 fully saturated rings. The first-order valence-corrected chi connectivity index (χ1v) is 9.73. The second kappa shape index (κ2) is 18.6. The van der Waals surface area contributed by atoms with Crippen LogP contribution in [-0.4, -0.2) is 94.4 Å². The molecule has 0 saturated heterocycles. The van der Waals surface area contributed by atoms with Gasteiger partial charge in [-0.2, -0.15) is 0 Å². The van der Waals surface area contributed by atoms with Crippen molar-refractivity contribution < 1.29 is 38.6 Å². The molecule has 4 N–H and O–H groups in total. The molecule has 1 rings (SSSR count). The van der Waals surface area contributed by atoms with Crippen LogP contribution in [0.4, 0.5) is 0 Å². The summed E-state index contributed by atoms with van der Waals surface area (Å²) in [5.41, 5.74) is 6.20. The van der Waals surface area contributed by atoms with E-state index in [0.717, 1.165) is 0 Å². The number of nitrogens with zero attached hydrogens (tertiary/aromatic N) is 1. The third-order valence-corrected chi connectivity index (χ3v) is 3.48. The van der Waals surface area contributed by atoms with Crippen LogP contribution >= 0.6 is 0 Å². The number of hydrogen-bond donors (Lipinski definition) is 3. The highest BCUT2D eigenvalue weighted by molar-refractivity contribution is 5.26. The lowest BCUT2D eigenvalue weighted by atomic mass is 10.3. The van der Waals surface area contributed by atoms with Crippen molar-refractivity contribution in [1.29, 1.82) is 0 Å². The largest absolute Gasteiger partial charge is 0.491 e. The first-order valence-electron chi connectivity index (χ1n) is 9.73. The second-order valence-electron chi connectivity index (χ2n) is 5.80. The first-order chi connectivity index (χ1) is 14.3. The molecule has 0 radical (unpaired) electrons. The Hall–Kier alpha value is -1.37. The van der Waals surface area contributed by atoms with Crippen molar-refractivity contribution >= 4 is 0 Å². The van der Waals surface area contributed by atoms with Crippen LogP contribution in [0.3, 0.4) is 0 Å². The lowest BCUT2D eigenvalue weighted by molar-refractivity contribution is -0.0122. The number of rotatable bonds is 20. The Balaban J connectivity index is 1.86. The molecule has 168 valence electrons. The minimum atomic E-state index is -0.209. The Morgan fingerprint density at radius 3 is 1.38 bits per heavy atom. The van der Waals surface area contributed by atoms with Crippen molar-refractivity contribution in [2.24, 2.45) is 5.73 Å². The topological polar surface area (TPSA) is 135 Å². The molecular formula is C19H34N2O8. The van der Waals surface area contributed by atoms with Gasteiger partial charge in [-0.1, -0.05) is 0 Å². The van der Waals surface area contributed by atoms with Gasteiger partial charge in [-0.05, 0) is 0 Å². The summed E-state index contributed by atoms with van der Waals surface area (Å²) in [6.45, 7) is 5.42. The molecule has 0 spiro atoms. The van der Waals surface area contributed by atoms with E-state index >= 15 is 0 Å². The van der Waals surface area contributed by atoms with E-state index in [4.69, 9.17) is 44.4 Å². The van der Waals surface area contributed by atoms with Gasteiger partial charge in [0.1, 0.15) is 12.4 Å². The van der Waals surface area contributed by atoms with Crippen molar-refractivity contribution in [3.05, 3.63) is 23.5 Å². The average molecular weight is 418 g/mol. The molecule has 1 aromatic rings. The molecule has 1 aromatic heterocycles. The normalized spacial score (nSPS) is 11.1. The maximum atomic E-state index is 9.14. The molecule has 0 aromatic carbocycles. The van der Waals surface area contributed by atoms with Crippen LogP contribution in [0, 0.1) is 0 Å². The Labute approximate surface area is 171 Å². The molecule has 0 aliphatic heterocycles. The first kappa shape index (κ1) is 25.7. The number of ether oxygens (including phenoxy) is 6. The van der Waals surface area contributed by atoms with Crippen LogP contribution < -0.4 is 10.5 Å². The van der Waals surface area contributed by atoms with Crippen LogP contribution in [0.5, 0.6) is 5.75 Å². The van der Waals surface area contributed by atoms with Gasteiger partial charge in [0.15, 0.2) is 0 Å². The maximum Gasteiger partial charge on any atom is 0.123 e. The van der Waals surface area contributed by atoms with E-state index in [0.29, 0.717) is 96.4 Å². The molecule has 1 heterocycles. The summed E-state index contributed by atoms with van der Waals surface area (Å²) in [6.07, 6.45) is 0. The quantitative estimate of drug-likeness (QED) is 0.238. The molecule has 29 heavy (non-hydrogen) atoms. The van der Waals surface area contributed by atoms with E-state index in [-0.39, 0.29) is 13.2 Å². The van der Waals surface area contributed by atoms with Gasteiger partial charge in [-0.25, -0.2) is 0 Å². The Kier molecular flexibility index (Phi) is 16.5. The van der Waals surface area contributed by atoms with Gasteiger partial charge in [-0.15, -0.1) is 0 Å². The zero-order valence-corrected chi connectivity index (χ0v) is 16.9. The van der Waals surface area contributed by atoms with Gasteiger partial charge >= 0.3 is 0 Å². The number of nitrogens with two attached hydrogens (primary N) is 1. The maximum absolute atomic E-state index is 9.14. The van der Waals surface area contributed by atoms with Gasteiger partial charge in [0.2, 0.25) is 0 Å². The number of pyridine rings is 1. The van der Waals surface area contributed by atoms with Crippen LogP contribution in [0.15, 0.2) is 12.1 Å². The van der Waals surface area contributed by atoms with Crippen LogP contribution in [0.2, 0.25) is 0 Å². The molecule has 0 amide bonds. The fourth-order valence-electron chi connectivity index (χ4n) is 2.15. The van der Waals surface area contributed by atoms with E-state index in [1.165, 1.54) is 0 Å². The zero-order chi connectivity index (χ0) is 21.0. The van der Waals surface area contributed by atoms with Gasteiger partial charge in [-0.3, -0.25) is 4.98 Å². The highest BCUT2D eigenvalue weighted by Gasteiger charge is 2.03. The summed E-state index contributed by atoms with van der Waals surface area (Å²) in [5.74, 6) is 0.539. The lowest BCUT2D eigenvalue weighted by Gasteiger charge is -2.10. The Bertz CT molecular complexity index is 485. The number of hydrogen-bond acceptors (Lipinski definition) is 10. The third-order valence-electron chi connectivity index (χ3n) is 3.48. The average Bonchev–Trinajstić information content (AvgIpc) is 2.75. The van der Waals surface area contributed by atoms with Gasteiger partial charge in [0.05, 0.1) is 90.7 Å². The Morgan fingerprint density at radius 1 is 0.621 bits per heavy atom. The third kappa shape index (κ3) is 14.3. The van der Waals surface area contributed by atoms with E-state index in [1.54, 1.807) is 12.1 Å². The van der Waals surface area contributed by atoms with E-state index in [9.17, 15) is 0 Å². The summed E-state index contributed by atoms with van der Waals surface area (Å²) in [4.78, 5) is 4.04. The minimum absolute atomic E-state index is 0.209. The second-order valence-corrected chi connectivity index (χ2v) is 5.80. The van der Waals surface area contributed by atoms with Crippen molar-refractivity contribution in [3.63, 3.8) is 0 Å². The Morgan fingerprint density at radius 2 is 1.00 bits per heavy atom. The van der Waals surface area contributed by atoms with Crippen molar-refractivity contribution in [3.8, 4) is 5.75 Å². The summed E-state index contributed by atoms with van der Waals surface area (Å²) < 4.78 is 32.3. The van der Waals surface area contributed by atoms with Gasteiger partial charge < -0.3 is 44.4 Å². The monoisotopic (exact) mass is 418 g/mol. The van der Waals surface area contributed by atoms with Crippen LogP contribution in [-0.2, 0) is 36.9 Å². The summed E-state index contributed by atoms with van der Waals surface area (Å²) in [6, 6.07) is 3.26. The minimum Gasteiger partial charge on any atom is -0.491 e. The van der Waals surface area contributed by atoms with Gasteiger partial charge in [0.25, 0.3) is 0 Å². The molecule has 0 aliphatic carbocycles. The van der Waals surface area contributed by atoms with Gasteiger partial charge in [0, 0.05) is 18.7 Å². The van der Waals surface area contributed by atoms with E-state index in [1.807, 2.05) is 0 Å². The molecule has 10 nitrogen and oxygen atoms in total. The number of aliphatic hydroxyl groups is 2. The van der Waals surface area contributed by atoms with Crippen molar-refractivity contribution in [1.82, 2.24) is 4.98 Å². The zero-order valence-electron chi connectivity index (χ0n) is 16.9. The smallest absolute Gasteiger partial charge is 0.123 e.